The number of carbonyl (C=O) groups excluding carboxylic acids is 1. The van der Waals surface area contributed by atoms with E-state index in [2.05, 4.69) is 35.0 Å². The Morgan fingerprint density at radius 1 is 1.15 bits per heavy atom. The number of nitrogens with zero attached hydrogens (tertiary/aromatic N) is 1. The number of unbranched alkanes of at least 4 members (excludes halogenated alkanes) is 3. The third kappa shape index (κ3) is 4.17. The number of guanidine groups is 1. The number of hydrogen-bond donors (Lipinski definition) is 2. The molecular formula is C28H45N3OS2. The molecule has 3 N–H and O–H groups in total. The van der Waals surface area contributed by atoms with Crippen molar-refractivity contribution in [2.75, 3.05) is 18.1 Å². The van der Waals surface area contributed by atoms with Gasteiger partial charge in [0, 0.05) is 29.9 Å². The molecule has 2 heterocycles. The van der Waals surface area contributed by atoms with Crippen molar-refractivity contribution in [3.63, 3.8) is 0 Å². The van der Waals surface area contributed by atoms with Crippen LogP contribution in [0.3, 0.4) is 0 Å². The Balaban J connectivity index is 1.44. The summed E-state index contributed by atoms with van der Waals surface area (Å²) in [6.45, 7) is 5.72. The van der Waals surface area contributed by atoms with Crippen molar-refractivity contribution >= 4 is 33.3 Å². The number of Topliss-reactive ketones (excluding diaryl/α,β-unsaturated/α-hetero) is 1. The van der Waals surface area contributed by atoms with Crippen molar-refractivity contribution in [2.45, 2.75) is 109 Å². The minimum Gasteiger partial charge on any atom is -0.370 e. The van der Waals surface area contributed by atoms with Gasteiger partial charge in [0.25, 0.3) is 0 Å². The van der Waals surface area contributed by atoms with E-state index in [1.807, 2.05) is 10.8 Å². The highest BCUT2D eigenvalue weighted by Crippen LogP contribution is 2.74. The van der Waals surface area contributed by atoms with Gasteiger partial charge in [0.05, 0.1) is 5.54 Å². The molecule has 2 fully saturated rings. The average molecular weight is 504 g/mol. The first-order valence-corrected chi connectivity index (χ1v) is 16.5. The molecule has 0 aromatic heterocycles. The predicted molar refractivity (Wildman–Crippen MR) is 147 cm³/mol. The van der Waals surface area contributed by atoms with Crippen LogP contribution >= 0.6 is 21.6 Å². The molecular weight excluding hydrogens is 458 g/mol. The van der Waals surface area contributed by atoms with Gasteiger partial charge < -0.3 is 11.1 Å². The summed E-state index contributed by atoms with van der Waals surface area (Å²) in [5, 5.41) is 3.56. The molecule has 34 heavy (non-hydrogen) atoms. The lowest BCUT2D eigenvalue weighted by Gasteiger charge is -2.54. The molecule has 2 spiro atoms. The van der Waals surface area contributed by atoms with Crippen LogP contribution in [-0.2, 0) is 4.79 Å². The van der Waals surface area contributed by atoms with Crippen LogP contribution in [0.25, 0.3) is 0 Å². The van der Waals surface area contributed by atoms with Gasteiger partial charge in [-0.25, -0.2) is 0 Å². The van der Waals surface area contributed by atoms with Crippen LogP contribution in [0.2, 0.25) is 0 Å². The second-order valence-corrected chi connectivity index (χ2v) is 14.7. The lowest BCUT2D eigenvalue weighted by Crippen LogP contribution is -2.56. The highest BCUT2D eigenvalue weighted by Gasteiger charge is 2.67. The van der Waals surface area contributed by atoms with Gasteiger partial charge in [0.2, 0.25) is 0 Å². The molecule has 2 saturated carbocycles. The third-order valence-electron chi connectivity index (χ3n) is 10.5. The van der Waals surface area contributed by atoms with Gasteiger partial charge >= 0.3 is 0 Å². The maximum absolute atomic E-state index is 13.7. The number of hydrogen-bond acceptors (Lipinski definition) is 6. The summed E-state index contributed by atoms with van der Waals surface area (Å²) in [5.41, 5.74) is 9.53. The Morgan fingerprint density at radius 3 is 2.85 bits per heavy atom. The van der Waals surface area contributed by atoms with E-state index in [4.69, 9.17) is 5.73 Å². The first-order chi connectivity index (χ1) is 16.4. The van der Waals surface area contributed by atoms with Gasteiger partial charge in [-0.05, 0) is 80.6 Å². The molecule has 5 bridgehead atoms. The van der Waals surface area contributed by atoms with Crippen LogP contribution < -0.4 is 11.1 Å². The molecule has 0 aromatic carbocycles. The maximum Gasteiger partial charge on any atom is 0.189 e. The Kier molecular flexibility index (Phi) is 7.39. The number of nitrogens with one attached hydrogen (secondary N) is 1. The van der Waals surface area contributed by atoms with E-state index in [-0.39, 0.29) is 11.0 Å². The Morgan fingerprint density at radius 2 is 2.03 bits per heavy atom. The van der Waals surface area contributed by atoms with Crippen molar-refractivity contribution in [3.05, 3.63) is 11.1 Å². The fraction of sp³-hybridized carbons (Fsp3) is 0.857. The standard InChI is InChI=1S/C28H45N3OS2/c1-3-4-5-6-8-20-10-11-21-17-23-22-9-7-12-27(13-15-30-25(29)31-27)19-34-33-16-14-26(21,2)28(20,23)18-24(22)32/h20-21H,3-19H2,1-2H3,(H3,29,30,31)/t20-,21-,26+,27+,28+/m1/s1. The summed E-state index contributed by atoms with van der Waals surface area (Å²) < 4.78 is 0. The molecule has 5 rings (SSSR count). The van der Waals surface area contributed by atoms with Crippen LogP contribution in [-0.4, -0.2) is 35.3 Å². The fourth-order valence-corrected chi connectivity index (χ4v) is 11.5. The lowest BCUT2D eigenvalue weighted by molar-refractivity contribution is -0.121. The largest absolute Gasteiger partial charge is 0.370 e. The third-order valence-corrected chi connectivity index (χ3v) is 13.0. The summed E-state index contributed by atoms with van der Waals surface area (Å²) in [7, 11) is 4.10. The van der Waals surface area contributed by atoms with E-state index in [1.165, 1.54) is 69.1 Å². The van der Waals surface area contributed by atoms with E-state index in [1.54, 1.807) is 5.57 Å². The Hall–Kier alpha value is -0.620. The van der Waals surface area contributed by atoms with E-state index < -0.39 is 0 Å². The van der Waals surface area contributed by atoms with Crippen LogP contribution in [0.1, 0.15) is 104 Å². The molecule has 3 aliphatic carbocycles. The number of carbonyl (C=O) groups is 1. The van der Waals surface area contributed by atoms with E-state index >= 15 is 0 Å². The number of aliphatic imine (C=N–C) groups is 1. The van der Waals surface area contributed by atoms with Gasteiger partial charge in [-0.1, -0.05) is 66.7 Å². The van der Waals surface area contributed by atoms with Crippen molar-refractivity contribution in [1.82, 2.24) is 5.32 Å². The van der Waals surface area contributed by atoms with Crippen molar-refractivity contribution in [3.8, 4) is 0 Å². The molecule has 0 radical (unpaired) electrons. The SMILES string of the molecule is CCCCCC[C@@H]1CC[C@@H]2CC3=C4CCC[C@]5(CCN=C(N)N5)CSSCC[C@]2(C)[C@]31CC4=O. The van der Waals surface area contributed by atoms with Gasteiger partial charge in [-0.15, -0.1) is 0 Å². The van der Waals surface area contributed by atoms with Crippen molar-refractivity contribution in [1.29, 1.82) is 0 Å². The topological polar surface area (TPSA) is 67.5 Å². The summed E-state index contributed by atoms with van der Waals surface area (Å²) >= 11 is 0. The van der Waals surface area contributed by atoms with Crippen LogP contribution in [0.4, 0.5) is 0 Å². The molecule has 0 saturated heterocycles. The van der Waals surface area contributed by atoms with Crippen LogP contribution in [0, 0.1) is 22.7 Å². The van der Waals surface area contributed by atoms with Crippen molar-refractivity contribution in [2.24, 2.45) is 33.4 Å². The average Bonchev–Trinajstić information content (AvgIpc) is 3.13. The molecule has 5 atom stereocenters. The first-order valence-electron chi connectivity index (χ1n) is 14.0. The highest BCUT2D eigenvalue weighted by atomic mass is 33.1. The first kappa shape index (κ1) is 25.0. The predicted octanol–water partition coefficient (Wildman–Crippen LogP) is 6.65. The minimum atomic E-state index is 0.0305. The highest BCUT2D eigenvalue weighted by molar-refractivity contribution is 8.76. The molecule has 0 aromatic rings. The van der Waals surface area contributed by atoms with Crippen LogP contribution in [0.15, 0.2) is 16.1 Å². The van der Waals surface area contributed by atoms with Gasteiger partial charge in [-0.2, -0.15) is 0 Å². The molecule has 6 heteroatoms. The summed E-state index contributed by atoms with van der Waals surface area (Å²) in [5.74, 6) is 4.87. The zero-order valence-corrected chi connectivity index (χ0v) is 23.1. The van der Waals surface area contributed by atoms with Gasteiger partial charge in [0.1, 0.15) is 0 Å². The van der Waals surface area contributed by atoms with Crippen molar-refractivity contribution < 1.29 is 4.79 Å². The second-order valence-electron chi connectivity index (χ2n) is 12.1. The van der Waals surface area contributed by atoms with E-state index in [0.29, 0.717) is 17.2 Å². The zero-order valence-electron chi connectivity index (χ0n) is 21.4. The summed E-state index contributed by atoms with van der Waals surface area (Å²) in [6, 6.07) is 0. The summed E-state index contributed by atoms with van der Waals surface area (Å²) in [4.78, 5) is 18.1. The van der Waals surface area contributed by atoms with E-state index in [9.17, 15) is 4.79 Å². The smallest absolute Gasteiger partial charge is 0.189 e. The number of allylic oxidation sites excluding steroid dienone is 2. The number of ketones is 1. The normalized spacial score (nSPS) is 40.4. The molecule has 190 valence electrons. The molecule has 4 nitrogen and oxygen atoms in total. The molecule has 2 aliphatic heterocycles. The lowest BCUT2D eigenvalue weighted by atomic mass is 9.50. The zero-order chi connectivity index (χ0) is 23.8. The quantitative estimate of drug-likeness (QED) is 0.325. The van der Waals surface area contributed by atoms with Gasteiger partial charge in [0.15, 0.2) is 11.7 Å². The Labute approximate surface area is 214 Å². The molecule has 0 amide bonds. The Bertz CT molecular complexity index is 857. The van der Waals surface area contributed by atoms with Crippen LogP contribution in [0.5, 0.6) is 0 Å². The molecule has 5 aliphatic rings. The summed E-state index contributed by atoms with van der Waals surface area (Å²) in [6.07, 6.45) is 16.9. The van der Waals surface area contributed by atoms with Gasteiger partial charge in [-0.3, -0.25) is 9.79 Å². The molecule has 0 unspecified atom stereocenters. The monoisotopic (exact) mass is 503 g/mol. The minimum absolute atomic E-state index is 0.0305. The fourth-order valence-electron chi connectivity index (χ4n) is 8.65. The van der Waals surface area contributed by atoms with E-state index in [0.717, 1.165) is 56.2 Å². The number of nitrogens with two attached hydrogens (primary N) is 1. The number of rotatable bonds is 5. The maximum atomic E-state index is 13.7. The second kappa shape index (κ2) is 10.0.